The maximum absolute atomic E-state index is 11.7. The molecule has 0 saturated carbocycles. The number of nitrogens with one attached hydrogen (secondary N) is 1. The highest BCUT2D eigenvalue weighted by atomic mass is 32.1. The van der Waals surface area contributed by atoms with Crippen LogP contribution in [0.2, 0.25) is 0 Å². The predicted molar refractivity (Wildman–Crippen MR) is 120 cm³/mol. The van der Waals surface area contributed by atoms with Gasteiger partial charge in [-0.25, -0.2) is 4.79 Å². The summed E-state index contributed by atoms with van der Waals surface area (Å²) in [6.45, 7) is 4.85. The Morgan fingerprint density at radius 2 is 1.90 bits per heavy atom. The van der Waals surface area contributed by atoms with Gasteiger partial charge in [0, 0.05) is 39.5 Å². The van der Waals surface area contributed by atoms with Crippen LogP contribution in [0.25, 0.3) is 19.8 Å². The summed E-state index contributed by atoms with van der Waals surface area (Å²) in [6, 6.07) is 8.94. The minimum Gasteiger partial charge on any atom is -0.492 e. The fourth-order valence-corrected chi connectivity index (χ4v) is 5.51. The number of ether oxygens (including phenoxy) is 2. The number of benzene rings is 1. The van der Waals surface area contributed by atoms with Gasteiger partial charge in [0.25, 0.3) is 5.91 Å². The van der Waals surface area contributed by atoms with Gasteiger partial charge in [0.1, 0.15) is 17.4 Å². The van der Waals surface area contributed by atoms with Gasteiger partial charge in [-0.05, 0) is 24.3 Å². The zero-order chi connectivity index (χ0) is 21.1. The molecule has 158 valence electrons. The number of urea groups is 1. The lowest BCUT2D eigenvalue weighted by molar-refractivity contribution is 0.0323. The molecular weight excluding hydrogens is 424 g/mol. The number of morpholine rings is 1. The fraction of sp³-hybridized carbons (Fsp3) is 0.300. The van der Waals surface area contributed by atoms with Gasteiger partial charge in [-0.15, -0.1) is 22.7 Å². The van der Waals surface area contributed by atoms with E-state index in [1.807, 2.05) is 24.3 Å². The summed E-state index contributed by atoms with van der Waals surface area (Å²) in [4.78, 5) is 27.1. The molecule has 0 aliphatic carbocycles. The molecule has 3 aromatic rings. The number of nitrogens with two attached hydrogens (primary N) is 2. The standard InChI is InChI=1S/C20H22N4O4S2/c21-18(25)13-11-17(30-19(13)23-20(22)26)16-10-12-14(2-1-3-15(12)29-16)28-9-6-24-4-7-27-8-5-24/h1-3,10-11H,4-9H2,(H2,21,25)(H3,22,23,26). The molecule has 0 spiro atoms. The van der Waals surface area contributed by atoms with E-state index >= 15 is 0 Å². The van der Waals surface area contributed by atoms with Gasteiger partial charge in [-0.2, -0.15) is 0 Å². The number of fused-ring (bicyclic) bond motifs is 1. The van der Waals surface area contributed by atoms with Crippen LogP contribution in [0.15, 0.2) is 30.3 Å². The number of thiophene rings is 2. The van der Waals surface area contributed by atoms with E-state index < -0.39 is 11.9 Å². The molecular formula is C20H22N4O4S2. The van der Waals surface area contributed by atoms with Crippen LogP contribution in [0.5, 0.6) is 5.75 Å². The fourth-order valence-electron chi connectivity index (χ4n) is 3.29. The largest absolute Gasteiger partial charge is 0.492 e. The normalized spacial score (nSPS) is 14.7. The Morgan fingerprint density at radius 1 is 1.13 bits per heavy atom. The molecule has 1 fully saturated rings. The van der Waals surface area contributed by atoms with Crippen molar-refractivity contribution in [2.45, 2.75) is 0 Å². The molecule has 4 rings (SSSR count). The summed E-state index contributed by atoms with van der Waals surface area (Å²) < 4.78 is 12.5. The van der Waals surface area contributed by atoms with E-state index in [1.165, 1.54) is 11.3 Å². The third kappa shape index (κ3) is 4.57. The van der Waals surface area contributed by atoms with Gasteiger partial charge in [-0.3, -0.25) is 15.0 Å². The van der Waals surface area contributed by atoms with E-state index in [9.17, 15) is 9.59 Å². The summed E-state index contributed by atoms with van der Waals surface area (Å²) in [7, 11) is 0. The van der Waals surface area contributed by atoms with Gasteiger partial charge >= 0.3 is 6.03 Å². The van der Waals surface area contributed by atoms with Crippen molar-refractivity contribution in [3.63, 3.8) is 0 Å². The number of nitrogens with zero attached hydrogens (tertiary/aromatic N) is 1. The summed E-state index contributed by atoms with van der Waals surface area (Å²) in [5.41, 5.74) is 10.9. The Hall–Kier alpha value is -2.66. The molecule has 3 heterocycles. The molecule has 0 bridgehead atoms. The van der Waals surface area contributed by atoms with Crippen LogP contribution in [0.4, 0.5) is 9.80 Å². The lowest BCUT2D eigenvalue weighted by Crippen LogP contribution is -2.38. The number of hydrogen-bond donors (Lipinski definition) is 3. The Balaban J connectivity index is 1.55. The quantitative estimate of drug-likeness (QED) is 0.515. The molecule has 0 unspecified atom stereocenters. The summed E-state index contributed by atoms with van der Waals surface area (Å²) >= 11 is 2.85. The first-order valence-electron chi connectivity index (χ1n) is 9.47. The highest BCUT2D eigenvalue weighted by Crippen LogP contribution is 2.43. The number of carbonyl (C=O) groups excluding carboxylic acids is 2. The van der Waals surface area contributed by atoms with Crippen LogP contribution >= 0.6 is 22.7 Å². The molecule has 1 aromatic carbocycles. The van der Waals surface area contributed by atoms with E-state index in [0.29, 0.717) is 11.6 Å². The van der Waals surface area contributed by atoms with Crippen molar-refractivity contribution in [3.05, 3.63) is 35.9 Å². The Labute approximate surface area is 181 Å². The number of primary amides is 2. The lowest BCUT2D eigenvalue weighted by Gasteiger charge is -2.26. The van der Waals surface area contributed by atoms with Crippen molar-refractivity contribution < 1.29 is 19.1 Å². The Kier molecular flexibility index (Phi) is 6.18. The van der Waals surface area contributed by atoms with E-state index in [1.54, 1.807) is 17.4 Å². The van der Waals surface area contributed by atoms with Gasteiger partial charge in [0.05, 0.1) is 18.8 Å². The molecule has 2 aromatic heterocycles. The second-order valence-corrected chi connectivity index (χ2v) is 8.92. The van der Waals surface area contributed by atoms with Crippen LogP contribution < -0.4 is 21.5 Å². The maximum Gasteiger partial charge on any atom is 0.317 e. The minimum atomic E-state index is -0.738. The topological polar surface area (TPSA) is 120 Å². The highest BCUT2D eigenvalue weighted by Gasteiger charge is 2.18. The summed E-state index contributed by atoms with van der Waals surface area (Å²) in [5.74, 6) is 0.208. The number of rotatable bonds is 7. The average Bonchev–Trinajstić information content (AvgIpc) is 3.33. The number of anilines is 1. The second kappa shape index (κ2) is 9.00. The van der Waals surface area contributed by atoms with E-state index in [4.69, 9.17) is 20.9 Å². The smallest absolute Gasteiger partial charge is 0.317 e. The van der Waals surface area contributed by atoms with Crippen molar-refractivity contribution in [2.75, 3.05) is 44.8 Å². The average molecular weight is 447 g/mol. The molecule has 1 aliphatic heterocycles. The molecule has 10 heteroatoms. The van der Waals surface area contributed by atoms with Gasteiger partial charge in [-0.1, -0.05) is 6.07 Å². The minimum absolute atomic E-state index is 0.244. The van der Waals surface area contributed by atoms with Crippen LogP contribution in [0, 0.1) is 0 Å². The van der Waals surface area contributed by atoms with Gasteiger partial charge in [0.15, 0.2) is 0 Å². The number of hydrogen-bond acceptors (Lipinski definition) is 7. The first-order chi connectivity index (χ1) is 14.5. The Morgan fingerprint density at radius 3 is 2.63 bits per heavy atom. The zero-order valence-electron chi connectivity index (χ0n) is 16.2. The van der Waals surface area contributed by atoms with Crippen LogP contribution in [-0.2, 0) is 4.74 Å². The molecule has 8 nitrogen and oxygen atoms in total. The van der Waals surface area contributed by atoms with Crippen LogP contribution in [-0.4, -0.2) is 56.3 Å². The van der Waals surface area contributed by atoms with Crippen LogP contribution in [0.3, 0.4) is 0 Å². The van der Waals surface area contributed by atoms with Gasteiger partial charge in [0.2, 0.25) is 0 Å². The number of carbonyl (C=O) groups is 2. The molecule has 30 heavy (non-hydrogen) atoms. The van der Waals surface area contributed by atoms with E-state index in [0.717, 1.165) is 58.4 Å². The van der Waals surface area contributed by atoms with E-state index in [-0.39, 0.29) is 5.56 Å². The third-order valence-electron chi connectivity index (χ3n) is 4.77. The Bertz CT molecular complexity index is 1070. The van der Waals surface area contributed by atoms with E-state index in [2.05, 4.69) is 10.2 Å². The first-order valence-corrected chi connectivity index (χ1v) is 11.1. The zero-order valence-corrected chi connectivity index (χ0v) is 17.8. The molecule has 3 amide bonds. The van der Waals surface area contributed by atoms with Crippen molar-refractivity contribution in [2.24, 2.45) is 11.5 Å². The van der Waals surface area contributed by atoms with Crippen molar-refractivity contribution in [1.82, 2.24) is 4.90 Å². The van der Waals surface area contributed by atoms with Gasteiger partial charge < -0.3 is 20.9 Å². The second-order valence-electron chi connectivity index (χ2n) is 6.79. The molecule has 0 radical (unpaired) electrons. The summed E-state index contributed by atoms with van der Waals surface area (Å²) in [5, 5.41) is 3.84. The lowest BCUT2D eigenvalue weighted by atomic mass is 10.2. The SMILES string of the molecule is NC(=O)Nc1sc(-c2cc3c(OCCN4CCOCC4)cccc3s2)cc1C(N)=O. The third-order valence-corrected chi connectivity index (χ3v) is 7.11. The van der Waals surface area contributed by atoms with Crippen LogP contribution in [0.1, 0.15) is 10.4 Å². The predicted octanol–water partition coefficient (Wildman–Crippen LogP) is 2.93. The van der Waals surface area contributed by atoms with Crippen molar-refractivity contribution in [1.29, 1.82) is 0 Å². The monoisotopic (exact) mass is 446 g/mol. The molecule has 1 saturated heterocycles. The van der Waals surface area contributed by atoms with Crippen molar-refractivity contribution >= 4 is 49.7 Å². The maximum atomic E-state index is 11.7. The number of amides is 3. The summed E-state index contributed by atoms with van der Waals surface area (Å²) in [6.07, 6.45) is 0. The first kappa shape index (κ1) is 20.6. The molecule has 1 aliphatic rings. The highest BCUT2D eigenvalue weighted by molar-refractivity contribution is 7.27. The molecule has 0 atom stereocenters. The molecule has 5 N–H and O–H groups in total. The van der Waals surface area contributed by atoms with Crippen molar-refractivity contribution in [3.8, 4) is 15.5 Å².